The predicted octanol–water partition coefficient (Wildman–Crippen LogP) is 15.1. The first-order chi connectivity index (χ1) is 29.0. The Morgan fingerprint density at radius 2 is 0.864 bits per heavy atom. The third kappa shape index (κ3) is 5.79. The highest BCUT2D eigenvalue weighted by molar-refractivity contribution is 6.08. The summed E-state index contributed by atoms with van der Waals surface area (Å²) in [6.45, 7) is 4.73. The van der Waals surface area contributed by atoms with E-state index in [1.807, 2.05) is 6.07 Å². The van der Waals surface area contributed by atoms with Crippen molar-refractivity contribution < 1.29 is 0 Å². The molecule has 0 radical (unpaired) electrons. The van der Waals surface area contributed by atoms with Crippen LogP contribution in [0.4, 0.5) is 0 Å². The second kappa shape index (κ2) is 13.9. The van der Waals surface area contributed by atoms with Crippen LogP contribution < -0.4 is 0 Å². The molecule has 59 heavy (non-hydrogen) atoms. The van der Waals surface area contributed by atoms with E-state index in [4.69, 9.17) is 9.97 Å². The number of aromatic nitrogens is 2. The van der Waals surface area contributed by atoms with Crippen molar-refractivity contribution in [3.8, 4) is 78.4 Å². The van der Waals surface area contributed by atoms with Gasteiger partial charge in [-0.15, -0.1) is 0 Å². The summed E-state index contributed by atoms with van der Waals surface area (Å²) in [6, 6.07) is 74.2. The fraction of sp³-hybridized carbons (Fsp3) is 0.0526. The van der Waals surface area contributed by atoms with Crippen molar-refractivity contribution in [1.29, 1.82) is 0 Å². The molecule has 0 unspecified atom stereocenters. The molecule has 0 saturated carbocycles. The van der Waals surface area contributed by atoms with E-state index in [9.17, 15) is 0 Å². The van der Waals surface area contributed by atoms with Crippen LogP contribution in [-0.2, 0) is 5.41 Å². The lowest BCUT2D eigenvalue weighted by Crippen LogP contribution is -2.14. The van der Waals surface area contributed by atoms with Gasteiger partial charge < -0.3 is 0 Å². The van der Waals surface area contributed by atoms with Crippen LogP contribution in [0.3, 0.4) is 0 Å². The quantitative estimate of drug-likeness (QED) is 0.169. The van der Waals surface area contributed by atoms with Crippen LogP contribution in [0.5, 0.6) is 0 Å². The fourth-order valence-corrected chi connectivity index (χ4v) is 9.43. The highest BCUT2D eigenvalue weighted by Gasteiger charge is 2.37. The van der Waals surface area contributed by atoms with Gasteiger partial charge in [0.05, 0.1) is 11.4 Å². The van der Waals surface area contributed by atoms with Crippen molar-refractivity contribution in [2.24, 2.45) is 0 Å². The number of hydrogen-bond donors (Lipinski definition) is 0. The minimum absolute atomic E-state index is 0.0995. The second-order valence-electron chi connectivity index (χ2n) is 16.1. The van der Waals surface area contributed by atoms with Gasteiger partial charge in [-0.1, -0.05) is 202 Å². The van der Waals surface area contributed by atoms with Gasteiger partial charge in [0.15, 0.2) is 5.82 Å². The van der Waals surface area contributed by atoms with Gasteiger partial charge in [-0.2, -0.15) is 0 Å². The highest BCUT2D eigenvalue weighted by Crippen LogP contribution is 2.54. The number of benzene rings is 9. The Morgan fingerprint density at radius 1 is 0.322 bits per heavy atom. The zero-order valence-electron chi connectivity index (χ0n) is 33.0. The van der Waals surface area contributed by atoms with Crippen LogP contribution in [0.25, 0.3) is 100.0 Å². The van der Waals surface area contributed by atoms with Gasteiger partial charge in [-0.05, 0) is 95.4 Å². The SMILES string of the molecule is CC1(C)c2cccc(-c3cccc(-c4ccc(-c5nc(-c6ccccc6)cc(-c6ccccc6-c6ccccc6)n5)c5ccccc45)c3)c2-c2c1ccc1ccccc21. The zero-order valence-corrected chi connectivity index (χ0v) is 33.0. The molecule has 2 nitrogen and oxygen atoms in total. The largest absolute Gasteiger partial charge is 0.228 e. The topological polar surface area (TPSA) is 25.8 Å². The Kier molecular flexibility index (Phi) is 8.20. The molecule has 1 heterocycles. The molecule has 2 heteroatoms. The molecular formula is C57H40N2. The first-order valence-electron chi connectivity index (χ1n) is 20.4. The maximum atomic E-state index is 5.37. The Hall–Kier alpha value is -7.42. The Bertz CT molecular complexity index is 3230. The average Bonchev–Trinajstić information content (AvgIpc) is 3.55. The first kappa shape index (κ1) is 34.8. The molecule has 1 aromatic heterocycles. The summed E-state index contributed by atoms with van der Waals surface area (Å²) in [5.41, 5.74) is 17.4. The van der Waals surface area contributed by atoms with Gasteiger partial charge in [-0.3, -0.25) is 0 Å². The van der Waals surface area contributed by atoms with Crippen LogP contribution in [0.15, 0.2) is 206 Å². The van der Waals surface area contributed by atoms with Crippen molar-refractivity contribution in [1.82, 2.24) is 9.97 Å². The number of rotatable bonds is 6. The minimum Gasteiger partial charge on any atom is -0.228 e. The lowest BCUT2D eigenvalue weighted by Gasteiger charge is -2.21. The molecule has 0 saturated heterocycles. The maximum Gasteiger partial charge on any atom is 0.161 e. The van der Waals surface area contributed by atoms with Crippen LogP contribution >= 0.6 is 0 Å². The molecule has 0 spiro atoms. The Labute approximate surface area is 345 Å². The molecule has 9 aromatic carbocycles. The van der Waals surface area contributed by atoms with Gasteiger partial charge in [-0.25, -0.2) is 9.97 Å². The summed E-state index contributed by atoms with van der Waals surface area (Å²) >= 11 is 0. The van der Waals surface area contributed by atoms with Crippen LogP contribution in [0.2, 0.25) is 0 Å². The lowest BCUT2D eigenvalue weighted by atomic mass is 9.81. The summed E-state index contributed by atoms with van der Waals surface area (Å²) in [4.78, 5) is 10.6. The van der Waals surface area contributed by atoms with E-state index in [1.54, 1.807) is 0 Å². The van der Waals surface area contributed by atoms with E-state index < -0.39 is 0 Å². The van der Waals surface area contributed by atoms with Crippen LogP contribution in [0, 0.1) is 0 Å². The van der Waals surface area contributed by atoms with E-state index >= 15 is 0 Å². The van der Waals surface area contributed by atoms with Crippen LogP contribution in [0.1, 0.15) is 25.0 Å². The standard InChI is InChI=1S/C57H40N2/c1-57(2)50-30-16-29-45(55(50)54-44-25-10-9-19-38(44)31-34-51(54)57)41-23-15-22-40(35-41)43-32-33-49(47-27-13-12-26-46(43)47)56-58-52(39-20-7-4-8-21-39)36-53(59-56)48-28-14-11-24-42(48)37-17-5-3-6-18-37/h3-36H,1-2H3. The molecule has 0 amide bonds. The normalized spacial score (nSPS) is 12.7. The number of fused-ring (bicyclic) bond motifs is 6. The van der Waals surface area contributed by atoms with Crippen molar-refractivity contribution in [3.63, 3.8) is 0 Å². The molecule has 10 aromatic rings. The van der Waals surface area contributed by atoms with Crippen LogP contribution in [-0.4, -0.2) is 9.97 Å². The third-order valence-electron chi connectivity index (χ3n) is 12.3. The predicted molar refractivity (Wildman–Crippen MR) is 247 cm³/mol. The summed E-state index contributed by atoms with van der Waals surface area (Å²) in [5.74, 6) is 0.703. The Morgan fingerprint density at radius 3 is 1.64 bits per heavy atom. The second-order valence-corrected chi connectivity index (χ2v) is 16.1. The van der Waals surface area contributed by atoms with Crippen molar-refractivity contribution in [2.75, 3.05) is 0 Å². The molecule has 0 N–H and O–H groups in total. The average molecular weight is 753 g/mol. The summed E-state index contributed by atoms with van der Waals surface area (Å²) in [6.07, 6.45) is 0. The van der Waals surface area contributed by atoms with E-state index in [1.165, 1.54) is 55.3 Å². The summed E-state index contributed by atoms with van der Waals surface area (Å²) < 4.78 is 0. The van der Waals surface area contributed by atoms with Gasteiger partial charge >= 0.3 is 0 Å². The lowest BCUT2D eigenvalue weighted by molar-refractivity contribution is 0.661. The molecule has 0 aliphatic heterocycles. The summed E-state index contributed by atoms with van der Waals surface area (Å²) in [5, 5.41) is 4.87. The minimum atomic E-state index is -0.0995. The first-order valence-corrected chi connectivity index (χ1v) is 20.4. The van der Waals surface area contributed by atoms with Gasteiger partial charge in [0.2, 0.25) is 0 Å². The van der Waals surface area contributed by atoms with Crippen molar-refractivity contribution in [3.05, 3.63) is 217 Å². The number of nitrogens with zero attached hydrogens (tertiary/aromatic N) is 2. The molecule has 1 aliphatic carbocycles. The molecule has 11 rings (SSSR count). The van der Waals surface area contributed by atoms with E-state index in [-0.39, 0.29) is 5.41 Å². The van der Waals surface area contributed by atoms with E-state index in [0.717, 1.165) is 50.0 Å². The fourth-order valence-electron chi connectivity index (χ4n) is 9.43. The molecule has 0 bridgehead atoms. The smallest absolute Gasteiger partial charge is 0.161 e. The molecule has 278 valence electrons. The number of hydrogen-bond acceptors (Lipinski definition) is 2. The maximum absolute atomic E-state index is 5.37. The summed E-state index contributed by atoms with van der Waals surface area (Å²) in [7, 11) is 0. The van der Waals surface area contributed by atoms with E-state index in [0.29, 0.717) is 5.82 Å². The molecule has 1 aliphatic rings. The van der Waals surface area contributed by atoms with E-state index in [2.05, 4.69) is 214 Å². The monoisotopic (exact) mass is 752 g/mol. The Balaban J connectivity index is 1.07. The van der Waals surface area contributed by atoms with Gasteiger partial charge in [0.1, 0.15) is 0 Å². The van der Waals surface area contributed by atoms with Gasteiger partial charge in [0, 0.05) is 22.1 Å². The molecule has 0 fully saturated rings. The van der Waals surface area contributed by atoms with Crippen molar-refractivity contribution >= 4 is 21.5 Å². The van der Waals surface area contributed by atoms with Crippen molar-refractivity contribution in [2.45, 2.75) is 19.3 Å². The zero-order chi connectivity index (χ0) is 39.5. The molecular weight excluding hydrogens is 713 g/mol. The third-order valence-corrected chi connectivity index (χ3v) is 12.3. The highest BCUT2D eigenvalue weighted by atomic mass is 14.9. The molecule has 0 atom stereocenters. The van der Waals surface area contributed by atoms with Gasteiger partial charge in [0.25, 0.3) is 0 Å².